The van der Waals surface area contributed by atoms with Crippen molar-refractivity contribution in [2.24, 2.45) is 0 Å². The zero-order chi connectivity index (χ0) is 16.9. The van der Waals surface area contributed by atoms with Gasteiger partial charge in [0, 0.05) is 23.6 Å². The largest absolute Gasteiger partial charge is 0.322 e. The van der Waals surface area contributed by atoms with Crippen LogP contribution in [-0.4, -0.2) is 10.9 Å². The van der Waals surface area contributed by atoms with E-state index < -0.39 is 0 Å². The number of hydrogen-bond acceptors (Lipinski definition) is 2. The van der Waals surface area contributed by atoms with Gasteiger partial charge in [-0.15, -0.1) is 0 Å². The van der Waals surface area contributed by atoms with Crippen LogP contribution in [0.5, 0.6) is 0 Å². The number of hydrogen-bond donors (Lipinski definition) is 1. The van der Waals surface area contributed by atoms with Crippen molar-refractivity contribution in [1.82, 2.24) is 4.98 Å². The molecule has 120 valence electrons. The number of carbonyl (C=O) groups is 1. The van der Waals surface area contributed by atoms with Gasteiger partial charge in [0.25, 0.3) is 5.91 Å². The molecule has 0 bridgehead atoms. The van der Waals surface area contributed by atoms with Gasteiger partial charge in [0.15, 0.2) is 0 Å². The summed E-state index contributed by atoms with van der Waals surface area (Å²) in [6, 6.07) is 19.4. The van der Waals surface area contributed by atoms with E-state index in [-0.39, 0.29) is 5.91 Å². The van der Waals surface area contributed by atoms with Crippen molar-refractivity contribution in [3.8, 4) is 11.1 Å². The van der Waals surface area contributed by atoms with Crippen molar-refractivity contribution in [2.75, 3.05) is 5.32 Å². The van der Waals surface area contributed by atoms with Gasteiger partial charge < -0.3 is 5.32 Å². The Bertz CT molecular complexity index is 807. The number of nitrogens with zero attached hydrogens (tertiary/aromatic N) is 1. The quantitative estimate of drug-likeness (QED) is 0.725. The van der Waals surface area contributed by atoms with Crippen molar-refractivity contribution < 1.29 is 4.79 Å². The number of anilines is 1. The maximum Gasteiger partial charge on any atom is 0.255 e. The normalized spacial score (nSPS) is 10.6. The summed E-state index contributed by atoms with van der Waals surface area (Å²) in [6.07, 6.45) is 3.56. The Labute approximate surface area is 142 Å². The predicted molar refractivity (Wildman–Crippen MR) is 98.2 cm³/mol. The van der Waals surface area contributed by atoms with E-state index in [1.54, 1.807) is 6.20 Å². The Kier molecular flexibility index (Phi) is 4.71. The van der Waals surface area contributed by atoms with E-state index in [0.717, 1.165) is 16.8 Å². The van der Waals surface area contributed by atoms with Crippen molar-refractivity contribution >= 4 is 11.6 Å². The molecule has 0 saturated heterocycles. The van der Waals surface area contributed by atoms with Crippen molar-refractivity contribution in [1.29, 1.82) is 0 Å². The summed E-state index contributed by atoms with van der Waals surface area (Å²) in [5.74, 6) is 0.375. The van der Waals surface area contributed by atoms with E-state index in [4.69, 9.17) is 0 Å². The molecule has 1 amide bonds. The minimum absolute atomic E-state index is 0.106. The molecule has 3 aromatic rings. The molecule has 1 heterocycles. The molecule has 1 aromatic heterocycles. The Morgan fingerprint density at radius 3 is 2.21 bits per heavy atom. The number of aromatic nitrogens is 1. The standard InChI is InChI=1S/C21H20N2O/c1-15(2)16-9-11-20(12-10-16)23-21(24)18-7-5-17(6-8-18)19-4-3-13-22-14-19/h3-15H,1-2H3,(H,23,24). The zero-order valence-corrected chi connectivity index (χ0v) is 13.9. The molecule has 3 heteroatoms. The second-order valence-corrected chi connectivity index (χ2v) is 6.05. The Hall–Kier alpha value is -2.94. The number of pyridine rings is 1. The first kappa shape index (κ1) is 15.9. The summed E-state index contributed by atoms with van der Waals surface area (Å²) in [4.78, 5) is 16.5. The SMILES string of the molecule is CC(C)c1ccc(NC(=O)c2ccc(-c3cccnc3)cc2)cc1. The molecule has 0 atom stereocenters. The third-order valence-electron chi connectivity index (χ3n) is 3.98. The van der Waals surface area contributed by atoms with Crippen LogP contribution >= 0.6 is 0 Å². The molecule has 0 aliphatic carbocycles. The van der Waals surface area contributed by atoms with Crippen LogP contribution in [0.1, 0.15) is 35.7 Å². The molecule has 24 heavy (non-hydrogen) atoms. The molecule has 3 nitrogen and oxygen atoms in total. The molecular formula is C21H20N2O. The van der Waals surface area contributed by atoms with Crippen LogP contribution in [0.3, 0.4) is 0 Å². The fourth-order valence-electron chi connectivity index (χ4n) is 2.50. The summed E-state index contributed by atoms with van der Waals surface area (Å²) in [5, 5.41) is 2.93. The lowest BCUT2D eigenvalue weighted by molar-refractivity contribution is 0.102. The Balaban J connectivity index is 1.71. The van der Waals surface area contributed by atoms with Gasteiger partial charge in [-0.2, -0.15) is 0 Å². The van der Waals surface area contributed by atoms with Crippen LogP contribution in [0.15, 0.2) is 73.1 Å². The summed E-state index contributed by atoms with van der Waals surface area (Å²) in [7, 11) is 0. The van der Waals surface area contributed by atoms with Gasteiger partial charge in [-0.05, 0) is 52.9 Å². The van der Waals surface area contributed by atoms with Gasteiger partial charge in [0.05, 0.1) is 0 Å². The first-order valence-electron chi connectivity index (χ1n) is 8.05. The molecule has 3 rings (SSSR count). The number of nitrogens with one attached hydrogen (secondary N) is 1. The van der Waals surface area contributed by atoms with E-state index in [0.29, 0.717) is 11.5 Å². The van der Waals surface area contributed by atoms with Crippen molar-refractivity contribution in [3.05, 3.63) is 84.2 Å². The number of amides is 1. The Morgan fingerprint density at radius 2 is 1.62 bits per heavy atom. The highest BCUT2D eigenvalue weighted by atomic mass is 16.1. The van der Waals surface area contributed by atoms with Crippen LogP contribution in [-0.2, 0) is 0 Å². The lowest BCUT2D eigenvalue weighted by Crippen LogP contribution is -2.11. The molecule has 0 fully saturated rings. The molecule has 1 N–H and O–H groups in total. The van der Waals surface area contributed by atoms with Crippen LogP contribution in [0, 0.1) is 0 Å². The second-order valence-electron chi connectivity index (χ2n) is 6.05. The van der Waals surface area contributed by atoms with Gasteiger partial charge in [0.1, 0.15) is 0 Å². The lowest BCUT2D eigenvalue weighted by atomic mass is 10.0. The first-order chi connectivity index (χ1) is 11.6. The van der Waals surface area contributed by atoms with Gasteiger partial charge in [0.2, 0.25) is 0 Å². The van der Waals surface area contributed by atoms with Gasteiger partial charge in [-0.25, -0.2) is 0 Å². The van der Waals surface area contributed by atoms with Gasteiger partial charge in [-0.1, -0.05) is 44.2 Å². The molecule has 0 spiro atoms. The fraction of sp³-hybridized carbons (Fsp3) is 0.143. The highest BCUT2D eigenvalue weighted by molar-refractivity contribution is 6.04. The maximum absolute atomic E-state index is 12.4. The third-order valence-corrected chi connectivity index (χ3v) is 3.98. The second kappa shape index (κ2) is 7.09. The smallest absolute Gasteiger partial charge is 0.255 e. The van der Waals surface area contributed by atoms with E-state index in [2.05, 4.69) is 24.1 Å². The topological polar surface area (TPSA) is 42.0 Å². The average molecular weight is 316 g/mol. The Morgan fingerprint density at radius 1 is 0.917 bits per heavy atom. The first-order valence-corrected chi connectivity index (χ1v) is 8.05. The van der Waals surface area contributed by atoms with E-state index in [9.17, 15) is 4.79 Å². The lowest BCUT2D eigenvalue weighted by Gasteiger charge is -2.09. The summed E-state index contributed by atoms with van der Waals surface area (Å²) in [6.45, 7) is 4.30. The summed E-state index contributed by atoms with van der Waals surface area (Å²) >= 11 is 0. The minimum Gasteiger partial charge on any atom is -0.322 e. The van der Waals surface area contributed by atoms with Crippen LogP contribution in [0.4, 0.5) is 5.69 Å². The highest BCUT2D eigenvalue weighted by Gasteiger charge is 2.07. The van der Waals surface area contributed by atoms with Crippen LogP contribution < -0.4 is 5.32 Å². The maximum atomic E-state index is 12.4. The molecule has 0 aliphatic rings. The average Bonchev–Trinajstić information content (AvgIpc) is 2.63. The van der Waals surface area contributed by atoms with E-state index in [1.807, 2.05) is 66.9 Å². The number of carbonyl (C=O) groups excluding carboxylic acids is 1. The number of rotatable bonds is 4. The molecule has 2 aromatic carbocycles. The summed E-state index contributed by atoms with van der Waals surface area (Å²) in [5.41, 5.74) is 4.78. The monoisotopic (exact) mass is 316 g/mol. The molecular weight excluding hydrogens is 296 g/mol. The molecule has 0 radical (unpaired) electrons. The van der Waals surface area contributed by atoms with Crippen LogP contribution in [0.25, 0.3) is 11.1 Å². The van der Waals surface area contributed by atoms with Crippen LogP contribution in [0.2, 0.25) is 0 Å². The van der Waals surface area contributed by atoms with E-state index >= 15 is 0 Å². The minimum atomic E-state index is -0.106. The highest BCUT2D eigenvalue weighted by Crippen LogP contribution is 2.20. The zero-order valence-electron chi connectivity index (χ0n) is 13.9. The summed E-state index contributed by atoms with van der Waals surface area (Å²) < 4.78 is 0. The van der Waals surface area contributed by atoms with E-state index in [1.165, 1.54) is 5.56 Å². The fourth-order valence-corrected chi connectivity index (χ4v) is 2.50. The van der Waals surface area contributed by atoms with Gasteiger partial charge in [-0.3, -0.25) is 9.78 Å². The third kappa shape index (κ3) is 3.69. The van der Waals surface area contributed by atoms with Crippen molar-refractivity contribution in [2.45, 2.75) is 19.8 Å². The molecule has 0 aliphatic heterocycles. The number of benzene rings is 2. The predicted octanol–water partition coefficient (Wildman–Crippen LogP) is 5.12. The van der Waals surface area contributed by atoms with Crippen molar-refractivity contribution in [3.63, 3.8) is 0 Å². The molecule has 0 unspecified atom stereocenters. The molecule has 0 saturated carbocycles. The van der Waals surface area contributed by atoms with Gasteiger partial charge >= 0.3 is 0 Å².